The van der Waals surface area contributed by atoms with Gasteiger partial charge in [0.05, 0.1) is 5.69 Å². The zero-order chi connectivity index (χ0) is 14.6. The standard InChI is InChI=1S/C14H21NO4S/c1-3-5-10-15(11-6-4-2)12-8-7-9-13-14(12)19-20(16,17)18-13/h7-9H,3-6,10-11H2,1-2H3. The number of unbranched alkanes of at least 4 members (excludes halogenated alkanes) is 2. The maximum Gasteiger partial charge on any atom is 0.501 e. The van der Waals surface area contributed by atoms with Crippen LogP contribution in [0.3, 0.4) is 0 Å². The fraction of sp³-hybridized carbons (Fsp3) is 0.571. The normalized spacial score (nSPS) is 15.3. The number of hydrogen-bond acceptors (Lipinski definition) is 5. The maximum atomic E-state index is 11.4. The van der Waals surface area contributed by atoms with Crippen LogP contribution in [0.15, 0.2) is 18.2 Å². The minimum absolute atomic E-state index is 0.278. The molecular formula is C14H21NO4S. The van der Waals surface area contributed by atoms with Crippen molar-refractivity contribution < 1.29 is 16.8 Å². The van der Waals surface area contributed by atoms with E-state index in [0.717, 1.165) is 44.5 Å². The molecule has 0 unspecified atom stereocenters. The van der Waals surface area contributed by atoms with E-state index in [4.69, 9.17) is 8.37 Å². The highest BCUT2D eigenvalue weighted by Crippen LogP contribution is 2.43. The van der Waals surface area contributed by atoms with Crippen molar-refractivity contribution in [2.75, 3.05) is 18.0 Å². The van der Waals surface area contributed by atoms with Gasteiger partial charge in [0, 0.05) is 13.1 Å². The molecule has 5 nitrogen and oxygen atoms in total. The molecule has 1 aliphatic rings. The Morgan fingerprint density at radius 1 is 1.05 bits per heavy atom. The van der Waals surface area contributed by atoms with E-state index in [1.54, 1.807) is 12.1 Å². The van der Waals surface area contributed by atoms with Gasteiger partial charge in [0.1, 0.15) is 0 Å². The first-order chi connectivity index (χ1) is 9.57. The number of rotatable bonds is 7. The first-order valence-electron chi connectivity index (χ1n) is 7.09. The Hall–Kier alpha value is -1.43. The highest BCUT2D eigenvalue weighted by molar-refractivity contribution is 7.82. The molecule has 0 amide bonds. The van der Waals surface area contributed by atoms with E-state index >= 15 is 0 Å². The molecule has 0 N–H and O–H groups in total. The summed E-state index contributed by atoms with van der Waals surface area (Å²) in [6.45, 7) is 6.04. The van der Waals surface area contributed by atoms with Gasteiger partial charge in [0.15, 0.2) is 5.75 Å². The molecule has 0 aromatic heterocycles. The van der Waals surface area contributed by atoms with E-state index in [2.05, 4.69) is 18.7 Å². The topological polar surface area (TPSA) is 55.8 Å². The summed E-state index contributed by atoms with van der Waals surface area (Å²) in [4.78, 5) is 2.18. The lowest BCUT2D eigenvalue weighted by Crippen LogP contribution is -2.26. The lowest BCUT2D eigenvalue weighted by molar-refractivity contribution is 0.436. The highest BCUT2D eigenvalue weighted by atomic mass is 32.3. The van der Waals surface area contributed by atoms with Gasteiger partial charge in [-0.1, -0.05) is 32.8 Å². The Balaban J connectivity index is 2.28. The van der Waals surface area contributed by atoms with Crippen molar-refractivity contribution >= 4 is 16.1 Å². The predicted molar refractivity (Wildman–Crippen MR) is 78.6 cm³/mol. The highest BCUT2D eigenvalue weighted by Gasteiger charge is 2.32. The molecule has 6 heteroatoms. The fourth-order valence-corrected chi connectivity index (χ4v) is 2.94. The first kappa shape index (κ1) is 15.0. The number of hydrogen-bond donors (Lipinski definition) is 0. The molecule has 1 aliphatic heterocycles. The summed E-state index contributed by atoms with van der Waals surface area (Å²) in [5, 5.41) is 0. The third-order valence-corrected chi connectivity index (χ3v) is 3.99. The van der Waals surface area contributed by atoms with Gasteiger partial charge >= 0.3 is 10.4 Å². The summed E-state index contributed by atoms with van der Waals surface area (Å²) in [7, 11) is -3.93. The predicted octanol–water partition coefficient (Wildman–Crippen LogP) is 3.11. The van der Waals surface area contributed by atoms with Crippen LogP contribution >= 0.6 is 0 Å². The lowest BCUT2D eigenvalue weighted by atomic mass is 10.2. The number of para-hydroxylation sites is 1. The minimum Gasteiger partial charge on any atom is -0.368 e. The molecular weight excluding hydrogens is 278 g/mol. The second-order valence-corrected chi connectivity index (χ2v) is 6.02. The van der Waals surface area contributed by atoms with Crippen molar-refractivity contribution in [1.82, 2.24) is 0 Å². The number of benzene rings is 1. The average Bonchev–Trinajstić information content (AvgIpc) is 2.73. The van der Waals surface area contributed by atoms with Gasteiger partial charge in [-0.25, -0.2) is 0 Å². The molecule has 0 aliphatic carbocycles. The number of fused-ring (bicyclic) bond motifs is 1. The summed E-state index contributed by atoms with van der Waals surface area (Å²) in [5.74, 6) is 0.597. The van der Waals surface area contributed by atoms with Gasteiger partial charge in [0.25, 0.3) is 0 Å². The van der Waals surface area contributed by atoms with Gasteiger partial charge in [-0.2, -0.15) is 0 Å². The minimum atomic E-state index is -3.93. The Kier molecular flexibility index (Phi) is 4.75. The van der Waals surface area contributed by atoms with Gasteiger partial charge in [-0.15, -0.1) is 8.42 Å². The van der Waals surface area contributed by atoms with Crippen LogP contribution in [0.1, 0.15) is 39.5 Å². The molecule has 1 heterocycles. The molecule has 0 atom stereocenters. The van der Waals surface area contributed by atoms with E-state index in [1.165, 1.54) is 0 Å². The van der Waals surface area contributed by atoms with Crippen LogP contribution in [0.5, 0.6) is 11.5 Å². The quantitative estimate of drug-likeness (QED) is 0.774. The van der Waals surface area contributed by atoms with Crippen molar-refractivity contribution in [2.24, 2.45) is 0 Å². The van der Waals surface area contributed by atoms with Crippen molar-refractivity contribution in [3.05, 3.63) is 18.2 Å². The van der Waals surface area contributed by atoms with Gasteiger partial charge < -0.3 is 13.3 Å². The largest absolute Gasteiger partial charge is 0.501 e. The van der Waals surface area contributed by atoms with E-state index in [1.807, 2.05) is 6.07 Å². The smallest absolute Gasteiger partial charge is 0.368 e. The molecule has 112 valence electrons. The molecule has 1 aromatic carbocycles. The summed E-state index contributed by atoms with van der Waals surface area (Å²) < 4.78 is 32.6. The molecule has 0 spiro atoms. The van der Waals surface area contributed by atoms with E-state index < -0.39 is 10.4 Å². The van der Waals surface area contributed by atoms with Crippen LogP contribution in [0, 0.1) is 0 Å². The first-order valence-corrected chi connectivity index (χ1v) is 8.42. The summed E-state index contributed by atoms with van der Waals surface area (Å²) >= 11 is 0. The van der Waals surface area contributed by atoms with Crippen molar-refractivity contribution in [1.29, 1.82) is 0 Å². The van der Waals surface area contributed by atoms with Gasteiger partial charge in [-0.3, -0.25) is 0 Å². The third kappa shape index (κ3) is 3.36. The molecule has 20 heavy (non-hydrogen) atoms. The van der Waals surface area contributed by atoms with Crippen LogP contribution in [0.2, 0.25) is 0 Å². The summed E-state index contributed by atoms with van der Waals surface area (Å²) in [6, 6.07) is 5.29. The monoisotopic (exact) mass is 299 g/mol. The van der Waals surface area contributed by atoms with Gasteiger partial charge in [0.2, 0.25) is 5.75 Å². The number of nitrogens with zero attached hydrogens (tertiary/aromatic N) is 1. The third-order valence-electron chi connectivity index (χ3n) is 3.24. The summed E-state index contributed by atoms with van der Waals surface area (Å²) in [5.41, 5.74) is 0.797. The van der Waals surface area contributed by atoms with Crippen LogP contribution in [-0.4, -0.2) is 21.5 Å². The van der Waals surface area contributed by atoms with E-state index in [9.17, 15) is 8.42 Å². The van der Waals surface area contributed by atoms with Gasteiger partial charge in [-0.05, 0) is 25.0 Å². The SMILES string of the molecule is CCCCN(CCCC)c1cccc2c1OS(=O)(=O)O2. The van der Waals surface area contributed by atoms with Crippen molar-refractivity contribution in [2.45, 2.75) is 39.5 Å². The Morgan fingerprint density at radius 3 is 2.30 bits per heavy atom. The maximum absolute atomic E-state index is 11.4. The van der Waals surface area contributed by atoms with Crippen LogP contribution in [0.25, 0.3) is 0 Å². The second kappa shape index (κ2) is 6.35. The van der Waals surface area contributed by atoms with E-state index in [0.29, 0.717) is 5.75 Å². The molecule has 0 radical (unpaired) electrons. The number of anilines is 1. The Bertz CT molecular complexity index is 548. The Labute approximate surface area is 120 Å². The zero-order valence-electron chi connectivity index (χ0n) is 12.0. The summed E-state index contributed by atoms with van der Waals surface area (Å²) in [6.07, 6.45) is 4.29. The second-order valence-electron chi connectivity index (χ2n) is 4.87. The van der Waals surface area contributed by atoms with Crippen molar-refractivity contribution in [3.63, 3.8) is 0 Å². The van der Waals surface area contributed by atoms with Crippen LogP contribution < -0.4 is 13.3 Å². The molecule has 2 rings (SSSR count). The average molecular weight is 299 g/mol. The lowest BCUT2D eigenvalue weighted by Gasteiger charge is -2.25. The molecule has 0 fully saturated rings. The molecule has 0 saturated heterocycles. The fourth-order valence-electron chi connectivity index (χ4n) is 2.18. The zero-order valence-corrected chi connectivity index (χ0v) is 12.8. The van der Waals surface area contributed by atoms with E-state index in [-0.39, 0.29) is 5.75 Å². The van der Waals surface area contributed by atoms with Crippen molar-refractivity contribution in [3.8, 4) is 11.5 Å². The molecule has 0 bridgehead atoms. The Morgan fingerprint density at radius 2 is 1.70 bits per heavy atom. The molecule has 0 saturated carbocycles. The van der Waals surface area contributed by atoms with Crippen LogP contribution in [0.4, 0.5) is 5.69 Å². The molecule has 1 aromatic rings. The van der Waals surface area contributed by atoms with Crippen LogP contribution in [-0.2, 0) is 10.4 Å².